The fraction of sp³-hybridized carbons (Fsp3) is 0. The highest BCUT2D eigenvalue weighted by Crippen LogP contribution is 2.26. The maximum atomic E-state index is 10.8. The second kappa shape index (κ2) is 2.88. The van der Waals surface area contributed by atoms with Gasteiger partial charge in [-0.3, -0.25) is 0 Å². The molecule has 0 aliphatic carbocycles. The van der Waals surface area contributed by atoms with Crippen molar-refractivity contribution < 1.29 is 9.90 Å². The van der Waals surface area contributed by atoms with Crippen molar-refractivity contribution in [2.24, 2.45) is 0 Å². The van der Waals surface area contributed by atoms with Crippen LogP contribution < -0.4 is 0 Å². The maximum absolute atomic E-state index is 10.8. The predicted molar refractivity (Wildman–Crippen MR) is 53.0 cm³/mol. The molecule has 0 saturated carbocycles. The molecule has 0 fully saturated rings. The number of aromatic carboxylic acids is 1. The van der Waals surface area contributed by atoms with Crippen molar-refractivity contribution in [3.05, 3.63) is 34.4 Å². The van der Waals surface area contributed by atoms with E-state index in [1.807, 2.05) is 6.07 Å². The van der Waals surface area contributed by atoms with E-state index in [2.05, 4.69) is 20.9 Å². The molecule has 66 valence electrons. The summed E-state index contributed by atoms with van der Waals surface area (Å²) in [5, 5.41) is 9.61. The Labute approximate surface area is 82.5 Å². The summed E-state index contributed by atoms with van der Waals surface area (Å²) in [6, 6.07) is 5.14. The van der Waals surface area contributed by atoms with E-state index in [-0.39, 0.29) is 0 Å². The van der Waals surface area contributed by atoms with Gasteiger partial charge in [0.25, 0.3) is 0 Å². The number of halogens is 1. The summed E-state index contributed by atoms with van der Waals surface area (Å²) in [5.41, 5.74) is 1.14. The van der Waals surface area contributed by atoms with Crippen molar-refractivity contribution >= 4 is 32.8 Å². The standard InChI is InChI=1S/C9H6BrNO2/c10-6-4-11-7-3-1-2-5(8(6)7)9(12)13/h1-4,11H,(H,12,13). The lowest BCUT2D eigenvalue weighted by atomic mass is 10.1. The zero-order chi connectivity index (χ0) is 9.42. The highest BCUT2D eigenvalue weighted by atomic mass is 79.9. The van der Waals surface area contributed by atoms with Crippen LogP contribution in [-0.4, -0.2) is 16.1 Å². The number of aromatic nitrogens is 1. The van der Waals surface area contributed by atoms with Gasteiger partial charge in [0.15, 0.2) is 0 Å². The summed E-state index contributed by atoms with van der Waals surface area (Å²) in [7, 11) is 0. The fourth-order valence-corrected chi connectivity index (χ4v) is 1.86. The van der Waals surface area contributed by atoms with Crippen molar-refractivity contribution in [3.8, 4) is 0 Å². The molecule has 1 heterocycles. The van der Waals surface area contributed by atoms with Gasteiger partial charge < -0.3 is 10.1 Å². The van der Waals surface area contributed by atoms with Crippen LogP contribution in [-0.2, 0) is 0 Å². The number of hydrogen-bond acceptors (Lipinski definition) is 1. The number of nitrogens with one attached hydrogen (secondary N) is 1. The SMILES string of the molecule is O=C(O)c1cccc2[nH]cc(Br)c12. The molecule has 2 rings (SSSR count). The van der Waals surface area contributed by atoms with Gasteiger partial charge >= 0.3 is 5.97 Å². The molecule has 0 atom stereocenters. The Bertz CT molecular complexity index is 475. The van der Waals surface area contributed by atoms with Crippen molar-refractivity contribution in [2.45, 2.75) is 0 Å². The first-order chi connectivity index (χ1) is 6.20. The number of hydrogen-bond donors (Lipinski definition) is 2. The van der Waals surface area contributed by atoms with E-state index in [1.165, 1.54) is 0 Å². The van der Waals surface area contributed by atoms with E-state index >= 15 is 0 Å². The first kappa shape index (κ1) is 8.31. The smallest absolute Gasteiger partial charge is 0.336 e. The van der Waals surface area contributed by atoms with E-state index in [0.29, 0.717) is 5.56 Å². The number of H-pyrrole nitrogens is 1. The number of carboxylic acid groups (broad SMARTS) is 1. The van der Waals surface area contributed by atoms with Crippen LogP contribution in [0.1, 0.15) is 10.4 Å². The molecule has 0 radical (unpaired) electrons. The van der Waals surface area contributed by atoms with Crippen LogP contribution >= 0.6 is 15.9 Å². The van der Waals surface area contributed by atoms with Crippen LogP contribution in [0.3, 0.4) is 0 Å². The van der Waals surface area contributed by atoms with Crippen molar-refractivity contribution in [3.63, 3.8) is 0 Å². The van der Waals surface area contributed by atoms with Gasteiger partial charge in [0.2, 0.25) is 0 Å². The molecule has 1 aromatic carbocycles. The molecule has 1 aromatic heterocycles. The second-order valence-corrected chi connectivity index (χ2v) is 3.52. The fourth-order valence-electron chi connectivity index (χ4n) is 1.32. The summed E-state index contributed by atoms with van der Waals surface area (Å²) < 4.78 is 0.778. The summed E-state index contributed by atoms with van der Waals surface area (Å²) >= 11 is 3.29. The number of carbonyl (C=O) groups is 1. The molecule has 4 heteroatoms. The second-order valence-electron chi connectivity index (χ2n) is 2.67. The van der Waals surface area contributed by atoms with Gasteiger partial charge in [-0.1, -0.05) is 6.07 Å². The monoisotopic (exact) mass is 239 g/mol. The summed E-state index contributed by atoms with van der Waals surface area (Å²) in [6.07, 6.45) is 1.73. The van der Waals surface area contributed by atoms with Gasteiger partial charge in [0.1, 0.15) is 0 Å². The average molecular weight is 240 g/mol. The molecule has 0 bridgehead atoms. The Balaban J connectivity index is 2.88. The van der Waals surface area contributed by atoms with E-state index in [9.17, 15) is 4.79 Å². The lowest BCUT2D eigenvalue weighted by Gasteiger charge is -1.96. The molecule has 0 aliphatic rings. The van der Waals surface area contributed by atoms with Crippen LogP contribution in [0.4, 0.5) is 0 Å². The van der Waals surface area contributed by atoms with Gasteiger partial charge in [-0.15, -0.1) is 0 Å². The average Bonchev–Trinajstić information content (AvgIpc) is 2.48. The molecule has 0 amide bonds. The predicted octanol–water partition coefficient (Wildman–Crippen LogP) is 2.63. The number of aromatic amines is 1. The molecule has 2 N–H and O–H groups in total. The molecule has 2 aromatic rings. The van der Waals surface area contributed by atoms with E-state index in [0.717, 1.165) is 15.4 Å². The third-order valence-corrected chi connectivity index (χ3v) is 2.51. The first-order valence-electron chi connectivity index (χ1n) is 3.69. The third kappa shape index (κ3) is 1.23. The molecular weight excluding hydrogens is 234 g/mol. The summed E-state index contributed by atoms with van der Waals surface area (Å²) in [4.78, 5) is 13.8. The Morgan fingerprint density at radius 3 is 2.92 bits per heavy atom. The van der Waals surface area contributed by atoms with Crippen LogP contribution in [0.25, 0.3) is 10.9 Å². The molecule has 0 saturated heterocycles. The topological polar surface area (TPSA) is 53.1 Å². The molecule has 0 spiro atoms. The van der Waals surface area contributed by atoms with Gasteiger partial charge in [-0.25, -0.2) is 4.79 Å². The summed E-state index contributed by atoms with van der Waals surface area (Å²) in [5.74, 6) is -0.911. The summed E-state index contributed by atoms with van der Waals surface area (Å²) in [6.45, 7) is 0. The zero-order valence-electron chi connectivity index (χ0n) is 6.54. The minimum absolute atomic E-state index is 0.311. The minimum Gasteiger partial charge on any atom is -0.478 e. The van der Waals surface area contributed by atoms with E-state index in [1.54, 1.807) is 18.3 Å². The van der Waals surface area contributed by atoms with Gasteiger partial charge in [-0.2, -0.15) is 0 Å². The van der Waals surface area contributed by atoms with Gasteiger partial charge in [0, 0.05) is 21.6 Å². The van der Waals surface area contributed by atoms with Crippen LogP contribution in [0.15, 0.2) is 28.9 Å². The number of fused-ring (bicyclic) bond motifs is 1. The Kier molecular flexibility index (Phi) is 1.84. The third-order valence-electron chi connectivity index (χ3n) is 1.89. The maximum Gasteiger partial charge on any atom is 0.336 e. The number of benzene rings is 1. The quantitative estimate of drug-likeness (QED) is 0.804. The van der Waals surface area contributed by atoms with Crippen molar-refractivity contribution in [1.82, 2.24) is 4.98 Å². The Hall–Kier alpha value is -1.29. The normalized spacial score (nSPS) is 10.5. The van der Waals surface area contributed by atoms with Crippen LogP contribution in [0.5, 0.6) is 0 Å². The minimum atomic E-state index is -0.911. The van der Waals surface area contributed by atoms with Crippen LogP contribution in [0, 0.1) is 0 Å². The lowest BCUT2D eigenvalue weighted by Crippen LogP contribution is -1.96. The highest BCUT2D eigenvalue weighted by molar-refractivity contribution is 9.10. The molecule has 3 nitrogen and oxygen atoms in total. The molecular formula is C9H6BrNO2. The van der Waals surface area contributed by atoms with Crippen molar-refractivity contribution in [2.75, 3.05) is 0 Å². The highest BCUT2D eigenvalue weighted by Gasteiger charge is 2.11. The Morgan fingerprint density at radius 2 is 2.23 bits per heavy atom. The zero-order valence-corrected chi connectivity index (χ0v) is 8.13. The van der Waals surface area contributed by atoms with Crippen molar-refractivity contribution in [1.29, 1.82) is 0 Å². The lowest BCUT2D eigenvalue weighted by molar-refractivity contribution is 0.0699. The largest absolute Gasteiger partial charge is 0.478 e. The van der Waals surface area contributed by atoms with Gasteiger partial charge in [-0.05, 0) is 28.1 Å². The first-order valence-corrected chi connectivity index (χ1v) is 4.48. The van der Waals surface area contributed by atoms with E-state index in [4.69, 9.17) is 5.11 Å². The molecule has 0 aliphatic heterocycles. The molecule has 13 heavy (non-hydrogen) atoms. The van der Waals surface area contributed by atoms with Gasteiger partial charge in [0.05, 0.1) is 5.56 Å². The Morgan fingerprint density at radius 1 is 1.46 bits per heavy atom. The van der Waals surface area contributed by atoms with E-state index < -0.39 is 5.97 Å². The number of carboxylic acids is 1. The van der Waals surface area contributed by atoms with Crippen LogP contribution in [0.2, 0.25) is 0 Å². The number of rotatable bonds is 1. The molecule has 0 unspecified atom stereocenters.